The molecule has 0 radical (unpaired) electrons. The van der Waals surface area contributed by atoms with Crippen molar-refractivity contribution in [1.82, 2.24) is 14.4 Å². The molecule has 0 atom stereocenters. The van der Waals surface area contributed by atoms with Gasteiger partial charge in [0.2, 0.25) is 0 Å². The van der Waals surface area contributed by atoms with E-state index in [-0.39, 0.29) is 29.8 Å². The van der Waals surface area contributed by atoms with Gasteiger partial charge in [0, 0.05) is 36.9 Å². The minimum Gasteiger partial charge on any atom is -0.381 e. The van der Waals surface area contributed by atoms with Gasteiger partial charge in [0.15, 0.2) is 0 Å². The van der Waals surface area contributed by atoms with Crippen LogP contribution in [0, 0.1) is 13.8 Å². The van der Waals surface area contributed by atoms with Crippen molar-refractivity contribution >= 4 is 40.6 Å². The SMILES string of the molecule is Cc1ccc2c(c1)CCN2C(=O)c1cc2[nH]c(=O)c3cnc(C4CCOCC4)n3c2cc1C.Cl. The lowest BCUT2D eigenvalue weighted by Gasteiger charge is -2.22. The number of halogens is 1. The van der Waals surface area contributed by atoms with Gasteiger partial charge >= 0.3 is 0 Å². The van der Waals surface area contributed by atoms with Crippen molar-refractivity contribution in [2.75, 3.05) is 24.7 Å². The highest BCUT2D eigenvalue weighted by Crippen LogP contribution is 2.32. The van der Waals surface area contributed by atoms with E-state index >= 15 is 0 Å². The highest BCUT2D eigenvalue weighted by atomic mass is 35.5. The predicted octanol–water partition coefficient (Wildman–Crippen LogP) is 4.31. The summed E-state index contributed by atoms with van der Waals surface area (Å²) in [4.78, 5) is 35.9. The third kappa shape index (κ3) is 3.51. The van der Waals surface area contributed by atoms with Crippen molar-refractivity contribution in [2.45, 2.75) is 39.0 Å². The van der Waals surface area contributed by atoms with Gasteiger partial charge in [0.25, 0.3) is 11.5 Å². The van der Waals surface area contributed by atoms with E-state index in [4.69, 9.17) is 4.74 Å². The number of aromatic amines is 1. The number of imidazole rings is 1. The van der Waals surface area contributed by atoms with Gasteiger partial charge in [0.05, 0.1) is 17.2 Å². The number of carbonyl (C=O) groups excluding carboxylic acids is 1. The van der Waals surface area contributed by atoms with Gasteiger partial charge < -0.3 is 14.6 Å². The molecule has 0 unspecified atom stereocenters. The number of carbonyl (C=O) groups is 1. The molecule has 4 aromatic rings. The molecule has 34 heavy (non-hydrogen) atoms. The van der Waals surface area contributed by atoms with Crippen molar-refractivity contribution in [2.24, 2.45) is 0 Å². The molecule has 0 spiro atoms. The van der Waals surface area contributed by atoms with E-state index in [0.29, 0.717) is 36.4 Å². The summed E-state index contributed by atoms with van der Waals surface area (Å²) in [5.74, 6) is 1.11. The fourth-order valence-electron chi connectivity index (χ4n) is 5.30. The number of fused-ring (bicyclic) bond motifs is 4. The quantitative estimate of drug-likeness (QED) is 0.465. The maximum absolute atomic E-state index is 13.6. The fraction of sp³-hybridized carbons (Fsp3) is 0.346. The van der Waals surface area contributed by atoms with E-state index < -0.39 is 0 Å². The van der Waals surface area contributed by atoms with E-state index in [0.717, 1.165) is 41.9 Å². The molecule has 2 aliphatic rings. The number of rotatable bonds is 2. The Kier molecular flexibility index (Phi) is 5.70. The molecule has 2 aromatic carbocycles. The largest absolute Gasteiger partial charge is 0.381 e. The van der Waals surface area contributed by atoms with Crippen LogP contribution in [0.3, 0.4) is 0 Å². The highest BCUT2D eigenvalue weighted by Gasteiger charge is 2.28. The third-order valence-corrected chi connectivity index (χ3v) is 7.05. The summed E-state index contributed by atoms with van der Waals surface area (Å²) in [6.07, 6.45) is 4.28. The van der Waals surface area contributed by atoms with Gasteiger partial charge in [-0.1, -0.05) is 17.7 Å². The first-order valence-electron chi connectivity index (χ1n) is 11.5. The molecule has 6 rings (SSSR count). The normalized spacial score (nSPS) is 16.1. The molecule has 0 saturated carbocycles. The number of H-pyrrole nitrogens is 1. The first-order valence-corrected chi connectivity index (χ1v) is 11.5. The average Bonchev–Trinajstić information content (AvgIpc) is 3.44. The van der Waals surface area contributed by atoms with Gasteiger partial charge in [-0.2, -0.15) is 0 Å². The molecule has 1 fully saturated rings. The van der Waals surface area contributed by atoms with Crippen LogP contribution in [0.15, 0.2) is 41.3 Å². The van der Waals surface area contributed by atoms with Gasteiger partial charge in [-0.05, 0) is 62.4 Å². The van der Waals surface area contributed by atoms with Gasteiger partial charge in [-0.15, -0.1) is 12.4 Å². The molecular formula is C26H27ClN4O3. The highest BCUT2D eigenvalue weighted by molar-refractivity contribution is 6.09. The zero-order chi connectivity index (χ0) is 22.7. The standard InChI is InChI=1S/C26H26N4O3.ClH/c1-15-3-4-21-18(11-15)5-8-29(21)26(32)19-13-20-22(12-16(19)2)30-23(25(31)28-20)14-27-24(30)17-6-9-33-10-7-17;/h3-4,11-14,17H,5-10H2,1-2H3,(H,28,31);1H. The number of ether oxygens (including phenoxy) is 1. The van der Waals surface area contributed by atoms with E-state index in [1.165, 1.54) is 11.1 Å². The first-order chi connectivity index (χ1) is 16.0. The Labute approximate surface area is 203 Å². The Bertz CT molecular complexity index is 1480. The Morgan fingerprint density at radius 3 is 2.71 bits per heavy atom. The molecule has 2 aliphatic heterocycles. The van der Waals surface area contributed by atoms with Crippen LogP contribution in [0.2, 0.25) is 0 Å². The van der Waals surface area contributed by atoms with Crippen LogP contribution in [-0.2, 0) is 11.2 Å². The molecule has 1 saturated heterocycles. The molecule has 176 valence electrons. The van der Waals surface area contributed by atoms with E-state index in [1.807, 2.05) is 40.5 Å². The summed E-state index contributed by atoms with van der Waals surface area (Å²) in [5.41, 5.74) is 6.73. The summed E-state index contributed by atoms with van der Waals surface area (Å²) in [5, 5.41) is 0. The van der Waals surface area contributed by atoms with Crippen molar-refractivity contribution < 1.29 is 9.53 Å². The van der Waals surface area contributed by atoms with Crippen molar-refractivity contribution in [3.05, 3.63) is 75.0 Å². The van der Waals surface area contributed by atoms with Crippen molar-refractivity contribution in [3.8, 4) is 0 Å². The second-order valence-corrected chi connectivity index (χ2v) is 9.20. The Hall–Kier alpha value is -3.16. The number of aryl methyl sites for hydroxylation is 2. The number of hydrogen-bond donors (Lipinski definition) is 1. The fourth-order valence-corrected chi connectivity index (χ4v) is 5.30. The zero-order valence-corrected chi connectivity index (χ0v) is 20.1. The van der Waals surface area contributed by atoms with Gasteiger partial charge in [0.1, 0.15) is 11.3 Å². The van der Waals surface area contributed by atoms with Gasteiger partial charge in [-0.25, -0.2) is 4.98 Å². The summed E-state index contributed by atoms with van der Waals surface area (Å²) in [7, 11) is 0. The second-order valence-electron chi connectivity index (χ2n) is 9.20. The molecule has 7 nitrogen and oxygen atoms in total. The molecule has 0 aliphatic carbocycles. The lowest BCUT2D eigenvalue weighted by atomic mass is 9.99. The summed E-state index contributed by atoms with van der Waals surface area (Å²) < 4.78 is 7.49. The van der Waals surface area contributed by atoms with Gasteiger partial charge in [-0.3, -0.25) is 14.0 Å². The lowest BCUT2D eigenvalue weighted by Crippen LogP contribution is -2.29. The maximum atomic E-state index is 13.6. The molecular weight excluding hydrogens is 452 g/mol. The smallest absolute Gasteiger partial charge is 0.274 e. The van der Waals surface area contributed by atoms with E-state index in [2.05, 4.69) is 23.0 Å². The second kappa shape index (κ2) is 8.56. The first kappa shape index (κ1) is 22.6. The average molecular weight is 479 g/mol. The maximum Gasteiger partial charge on any atom is 0.274 e. The van der Waals surface area contributed by atoms with E-state index in [1.54, 1.807) is 6.20 Å². The van der Waals surface area contributed by atoms with Crippen LogP contribution in [0.5, 0.6) is 0 Å². The molecule has 8 heteroatoms. The van der Waals surface area contributed by atoms with Crippen LogP contribution >= 0.6 is 12.4 Å². The Balaban J connectivity index is 0.00000241. The summed E-state index contributed by atoms with van der Waals surface area (Å²) >= 11 is 0. The number of nitrogens with one attached hydrogen (secondary N) is 1. The van der Waals surface area contributed by atoms with Crippen LogP contribution in [0.25, 0.3) is 16.6 Å². The minimum atomic E-state index is -0.197. The topological polar surface area (TPSA) is 79.7 Å². The van der Waals surface area contributed by atoms with Crippen LogP contribution < -0.4 is 10.5 Å². The molecule has 1 N–H and O–H groups in total. The lowest BCUT2D eigenvalue weighted by molar-refractivity contribution is 0.0835. The summed E-state index contributed by atoms with van der Waals surface area (Å²) in [6, 6.07) is 10.1. The molecule has 0 bridgehead atoms. The predicted molar refractivity (Wildman–Crippen MR) is 135 cm³/mol. The molecule has 2 aromatic heterocycles. The minimum absolute atomic E-state index is 0. The third-order valence-electron chi connectivity index (χ3n) is 7.05. The van der Waals surface area contributed by atoms with Crippen molar-refractivity contribution in [1.29, 1.82) is 0 Å². The summed E-state index contributed by atoms with van der Waals surface area (Å²) in [6.45, 7) is 6.10. The monoisotopic (exact) mass is 478 g/mol. The van der Waals surface area contributed by atoms with Crippen LogP contribution in [0.1, 0.15) is 51.6 Å². The number of aromatic nitrogens is 3. The zero-order valence-electron chi connectivity index (χ0n) is 19.3. The number of anilines is 1. The Morgan fingerprint density at radius 1 is 1.12 bits per heavy atom. The van der Waals surface area contributed by atoms with E-state index in [9.17, 15) is 9.59 Å². The van der Waals surface area contributed by atoms with Crippen LogP contribution in [-0.4, -0.2) is 40.0 Å². The Morgan fingerprint density at radius 2 is 1.91 bits per heavy atom. The number of amides is 1. The molecule has 1 amide bonds. The van der Waals surface area contributed by atoms with Crippen LogP contribution in [0.4, 0.5) is 5.69 Å². The molecule has 4 heterocycles. The van der Waals surface area contributed by atoms with Crippen molar-refractivity contribution in [3.63, 3.8) is 0 Å². The number of hydrogen-bond acceptors (Lipinski definition) is 4. The number of nitrogens with zero attached hydrogens (tertiary/aromatic N) is 3. The number of benzene rings is 2.